The Hall–Kier alpha value is -1.12. The van der Waals surface area contributed by atoms with Crippen molar-refractivity contribution in [2.75, 3.05) is 0 Å². The molecule has 2 rings (SSSR count). The molecule has 0 saturated carbocycles. The summed E-state index contributed by atoms with van der Waals surface area (Å²) in [5, 5.41) is 0. The van der Waals surface area contributed by atoms with Crippen LogP contribution >= 0.6 is 0 Å². The van der Waals surface area contributed by atoms with Crippen LogP contribution in [-0.2, 0) is 16.1 Å². The van der Waals surface area contributed by atoms with E-state index in [0.717, 1.165) is 6.42 Å². The second-order valence-electron chi connectivity index (χ2n) is 3.78. The van der Waals surface area contributed by atoms with Gasteiger partial charge in [0, 0.05) is 0 Å². The van der Waals surface area contributed by atoms with Gasteiger partial charge >= 0.3 is 0 Å². The zero-order valence-electron chi connectivity index (χ0n) is 8.93. The normalized spacial score (nSPS) is 25.4. The molecule has 0 aromatic heterocycles. The Kier molecular flexibility index (Phi) is 3.54. The van der Waals surface area contributed by atoms with Gasteiger partial charge in [0.05, 0.1) is 12.7 Å². The van der Waals surface area contributed by atoms with E-state index < -0.39 is 0 Å². The standard InChI is InChI=1S/C13H16O2/c1-11-6-5-9-13(15-11)14-10-12-7-3-2-4-8-12/h2-5,7-9,11,13H,6,10H2,1H3. The molecular formula is C13H16O2. The third-order valence-electron chi connectivity index (χ3n) is 2.38. The van der Waals surface area contributed by atoms with Crippen LogP contribution in [0.1, 0.15) is 18.9 Å². The van der Waals surface area contributed by atoms with Gasteiger partial charge in [-0.15, -0.1) is 0 Å². The van der Waals surface area contributed by atoms with Crippen LogP contribution in [0, 0.1) is 0 Å². The fraction of sp³-hybridized carbons (Fsp3) is 0.385. The fourth-order valence-electron chi connectivity index (χ4n) is 1.56. The van der Waals surface area contributed by atoms with Crippen molar-refractivity contribution in [3.8, 4) is 0 Å². The SMILES string of the molecule is CC1CC=CC(OCc2ccccc2)O1. The Balaban J connectivity index is 1.83. The Bertz CT molecular complexity index is 319. The summed E-state index contributed by atoms with van der Waals surface area (Å²) in [4.78, 5) is 0. The van der Waals surface area contributed by atoms with Crippen molar-refractivity contribution in [1.82, 2.24) is 0 Å². The van der Waals surface area contributed by atoms with Gasteiger partial charge in [-0.25, -0.2) is 0 Å². The van der Waals surface area contributed by atoms with Crippen LogP contribution in [0.15, 0.2) is 42.5 Å². The van der Waals surface area contributed by atoms with Crippen LogP contribution in [0.3, 0.4) is 0 Å². The number of hydrogen-bond donors (Lipinski definition) is 0. The molecule has 0 N–H and O–H groups in total. The highest BCUT2D eigenvalue weighted by Gasteiger charge is 2.14. The Morgan fingerprint density at radius 1 is 1.33 bits per heavy atom. The van der Waals surface area contributed by atoms with Crippen LogP contribution in [-0.4, -0.2) is 12.4 Å². The third kappa shape index (κ3) is 3.18. The predicted molar refractivity (Wildman–Crippen MR) is 59.3 cm³/mol. The number of benzene rings is 1. The minimum absolute atomic E-state index is 0.186. The molecule has 1 aromatic carbocycles. The molecule has 0 radical (unpaired) electrons. The Morgan fingerprint density at radius 3 is 2.87 bits per heavy atom. The van der Waals surface area contributed by atoms with Crippen molar-refractivity contribution in [1.29, 1.82) is 0 Å². The molecule has 0 bridgehead atoms. The zero-order valence-corrected chi connectivity index (χ0v) is 8.93. The summed E-state index contributed by atoms with van der Waals surface area (Å²) in [6.07, 6.45) is 5.14. The third-order valence-corrected chi connectivity index (χ3v) is 2.38. The van der Waals surface area contributed by atoms with E-state index in [9.17, 15) is 0 Å². The summed E-state index contributed by atoms with van der Waals surface area (Å²) >= 11 is 0. The highest BCUT2D eigenvalue weighted by Crippen LogP contribution is 2.14. The molecule has 2 nitrogen and oxygen atoms in total. The van der Waals surface area contributed by atoms with E-state index in [1.165, 1.54) is 5.56 Å². The van der Waals surface area contributed by atoms with Gasteiger partial charge in [0.2, 0.25) is 0 Å². The molecule has 1 aliphatic heterocycles. The second kappa shape index (κ2) is 5.10. The van der Waals surface area contributed by atoms with E-state index in [4.69, 9.17) is 9.47 Å². The summed E-state index contributed by atoms with van der Waals surface area (Å²) in [5.74, 6) is 0. The van der Waals surface area contributed by atoms with Crippen LogP contribution in [0.5, 0.6) is 0 Å². The smallest absolute Gasteiger partial charge is 0.177 e. The van der Waals surface area contributed by atoms with E-state index >= 15 is 0 Å². The van der Waals surface area contributed by atoms with Crippen molar-refractivity contribution in [3.05, 3.63) is 48.0 Å². The van der Waals surface area contributed by atoms with E-state index in [-0.39, 0.29) is 12.4 Å². The number of ether oxygens (including phenoxy) is 2. The van der Waals surface area contributed by atoms with Gasteiger partial charge in [0.1, 0.15) is 0 Å². The first kappa shape index (κ1) is 10.4. The van der Waals surface area contributed by atoms with Crippen molar-refractivity contribution in [2.24, 2.45) is 0 Å². The molecule has 2 heteroatoms. The molecule has 1 aliphatic rings. The lowest BCUT2D eigenvalue weighted by Gasteiger charge is -2.23. The van der Waals surface area contributed by atoms with Crippen LogP contribution < -0.4 is 0 Å². The summed E-state index contributed by atoms with van der Waals surface area (Å²) < 4.78 is 11.2. The monoisotopic (exact) mass is 204 g/mol. The average molecular weight is 204 g/mol. The average Bonchev–Trinajstić information content (AvgIpc) is 2.28. The maximum atomic E-state index is 5.63. The molecule has 2 unspecified atom stereocenters. The van der Waals surface area contributed by atoms with Gasteiger partial charge < -0.3 is 9.47 Å². The van der Waals surface area contributed by atoms with Gasteiger partial charge in [0.25, 0.3) is 0 Å². The molecule has 0 fully saturated rings. The van der Waals surface area contributed by atoms with Crippen molar-refractivity contribution in [3.63, 3.8) is 0 Å². The first-order chi connectivity index (χ1) is 7.34. The fourth-order valence-corrected chi connectivity index (χ4v) is 1.56. The lowest BCUT2D eigenvalue weighted by atomic mass is 10.2. The minimum Gasteiger partial charge on any atom is -0.346 e. The van der Waals surface area contributed by atoms with Gasteiger partial charge in [-0.1, -0.05) is 36.4 Å². The first-order valence-electron chi connectivity index (χ1n) is 5.32. The highest BCUT2D eigenvalue weighted by molar-refractivity contribution is 5.13. The molecule has 0 saturated heterocycles. The molecule has 80 valence electrons. The molecule has 15 heavy (non-hydrogen) atoms. The summed E-state index contributed by atoms with van der Waals surface area (Å²) in [5.41, 5.74) is 1.17. The van der Waals surface area contributed by atoms with E-state index in [2.05, 4.69) is 25.1 Å². The summed E-state index contributed by atoms with van der Waals surface area (Å²) in [6, 6.07) is 10.1. The molecule has 0 aliphatic carbocycles. The van der Waals surface area contributed by atoms with Crippen molar-refractivity contribution < 1.29 is 9.47 Å². The van der Waals surface area contributed by atoms with Crippen molar-refractivity contribution in [2.45, 2.75) is 32.3 Å². The van der Waals surface area contributed by atoms with Gasteiger partial charge in [-0.3, -0.25) is 0 Å². The Morgan fingerprint density at radius 2 is 2.13 bits per heavy atom. The van der Waals surface area contributed by atoms with Crippen LogP contribution in [0.4, 0.5) is 0 Å². The van der Waals surface area contributed by atoms with Gasteiger partial charge in [0.15, 0.2) is 6.29 Å². The maximum Gasteiger partial charge on any atom is 0.177 e. The predicted octanol–water partition coefficient (Wildman–Crippen LogP) is 2.89. The quantitative estimate of drug-likeness (QED) is 0.705. The lowest BCUT2D eigenvalue weighted by Crippen LogP contribution is -2.23. The van der Waals surface area contributed by atoms with Gasteiger partial charge in [-0.05, 0) is 25.0 Å². The molecule has 1 heterocycles. The van der Waals surface area contributed by atoms with Crippen LogP contribution in [0.25, 0.3) is 0 Å². The van der Waals surface area contributed by atoms with Crippen molar-refractivity contribution >= 4 is 0 Å². The number of rotatable bonds is 3. The summed E-state index contributed by atoms with van der Waals surface area (Å²) in [7, 11) is 0. The number of hydrogen-bond acceptors (Lipinski definition) is 2. The highest BCUT2D eigenvalue weighted by atomic mass is 16.7. The van der Waals surface area contributed by atoms with E-state index in [0.29, 0.717) is 6.61 Å². The molecular weight excluding hydrogens is 188 g/mol. The summed E-state index contributed by atoms with van der Waals surface area (Å²) in [6.45, 7) is 2.66. The second-order valence-corrected chi connectivity index (χ2v) is 3.78. The van der Waals surface area contributed by atoms with E-state index in [1.54, 1.807) is 0 Å². The largest absolute Gasteiger partial charge is 0.346 e. The van der Waals surface area contributed by atoms with Gasteiger partial charge in [-0.2, -0.15) is 0 Å². The Labute approximate surface area is 90.5 Å². The topological polar surface area (TPSA) is 18.5 Å². The molecule has 1 aromatic rings. The molecule has 0 spiro atoms. The minimum atomic E-state index is -0.186. The zero-order chi connectivity index (χ0) is 10.5. The molecule has 2 atom stereocenters. The van der Waals surface area contributed by atoms with Crippen LogP contribution in [0.2, 0.25) is 0 Å². The lowest BCUT2D eigenvalue weighted by molar-refractivity contribution is -0.149. The van der Waals surface area contributed by atoms with E-state index in [1.807, 2.05) is 24.3 Å². The molecule has 0 amide bonds. The first-order valence-corrected chi connectivity index (χ1v) is 5.32. The maximum absolute atomic E-state index is 5.63.